The summed E-state index contributed by atoms with van der Waals surface area (Å²) in [5, 5.41) is 18.5. The van der Waals surface area contributed by atoms with Gasteiger partial charge in [-0.25, -0.2) is 0 Å². The third-order valence-corrected chi connectivity index (χ3v) is 2.45. The quantitative estimate of drug-likeness (QED) is 0.472. The van der Waals surface area contributed by atoms with Crippen LogP contribution in [0.5, 0.6) is 11.5 Å². The third-order valence-electron chi connectivity index (χ3n) is 2.45. The second-order valence-corrected chi connectivity index (χ2v) is 3.43. The number of likely N-dealkylation sites (N-methyl/N-ethyl adjacent to an activating group) is 1. The first kappa shape index (κ1) is 9.51. The van der Waals surface area contributed by atoms with Gasteiger partial charge in [0.2, 0.25) is 5.91 Å². The number of rotatable bonds is 0. The van der Waals surface area contributed by atoms with Crippen molar-refractivity contribution in [3.63, 3.8) is 0 Å². The summed E-state index contributed by atoms with van der Waals surface area (Å²) >= 11 is 0. The van der Waals surface area contributed by atoms with Crippen molar-refractivity contribution < 1.29 is 19.8 Å². The van der Waals surface area contributed by atoms with Crippen LogP contribution in [0.3, 0.4) is 0 Å². The van der Waals surface area contributed by atoms with E-state index < -0.39 is 5.91 Å². The van der Waals surface area contributed by atoms with Crippen molar-refractivity contribution in [2.45, 2.75) is 6.42 Å². The summed E-state index contributed by atoms with van der Waals surface area (Å²) < 4.78 is 0. The molecular weight excluding hydrogens is 198 g/mol. The fraction of sp³-hybridized carbons (Fsp3) is 0.200. The number of carbonyl (C=O) groups excluding carboxylic acids is 2. The maximum atomic E-state index is 11.6. The molecule has 1 aliphatic rings. The van der Waals surface area contributed by atoms with Crippen LogP contribution in [0.25, 0.3) is 0 Å². The minimum Gasteiger partial charge on any atom is -0.504 e. The molecule has 0 bridgehead atoms. The number of phenolic OH excluding ortho intramolecular Hbond substituents is 2. The van der Waals surface area contributed by atoms with Crippen molar-refractivity contribution >= 4 is 11.8 Å². The molecule has 0 saturated carbocycles. The van der Waals surface area contributed by atoms with Crippen molar-refractivity contribution in [1.82, 2.24) is 4.90 Å². The summed E-state index contributed by atoms with van der Waals surface area (Å²) in [6.07, 6.45) is 0.0609. The van der Waals surface area contributed by atoms with Crippen LogP contribution in [0.1, 0.15) is 15.9 Å². The SMILES string of the molecule is CN1C(=O)Cc2cc(O)c(O)cc2C1=O. The normalized spacial score (nSPS) is 15.4. The molecule has 1 heterocycles. The van der Waals surface area contributed by atoms with E-state index in [1.54, 1.807) is 0 Å². The average molecular weight is 207 g/mol. The van der Waals surface area contributed by atoms with E-state index in [-0.39, 0.29) is 29.4 Å². The van der Waals surface area contributed by atoms with Crippen molar-refractivity contribution in [3.05, 3.63) is 23.3 Å². The Morgan fingerprint density at radius 1 is 1.20 bits per heavy atom. The Balaban J connectivity index is 2.61. The first-order chi connectivity index (χ1) is 7.00. The highest BCUT2D eigenvalue weighted by molar-refractivity contribution is 6.09. The van der Waals surface area contributed by atoms with E-state index >= 15 is 0 Å². The molecule has 5 nitrogen and oxygen atoms in total. The third kappa shape index (κ3) is 1.32. The molecule has 0 fully saturated rings. The average Bonchev–Trinajstić information content (AvgIpc) is 2.19. The number of hydrogen-bond donors (Lipinski definition) is 2. The highest BCUT2D eigenvalue weighted by Crippen LogP contribution is 2.31. The van der Waals surface area contributed by atoms with Crippen LogP contribution >= 0.6 is 0 Å². The predicted octanol–water partition coefficient (Wildman–Crippen LogP) is 0.252. The van der Waals surface area contributed by atoms with E-state index in [1.807, 2.05) is 0 Å². The molecule has 0 aliphatic carbocycles. The Kier molecular flexibility index (Phi) is 1.89. The lowest BCUT2D eigenvalue weighted by Gasteiger charge is -2.23. The van der Waals surface area contributed by atoms with Crippen LogP contribution in [0, 0.1) is 0 Å². The van der Waals surface area contributed by atoms with E-state index in [0.29, 0.717) is 5.56 Å². The maximum absolute atomic E-state index is 11.6. The van der Waals surface area contributed by atoms with Gasteiger partial charge in [-0.3, -0.25) is 14.5 Å². The van der Waals surface area contributed by atoms with Gasteiger partial charge in [0.1, 0.15) is 0 Å². The molecule has 5 heteroatoms. The van der Waals surface area contributed by atoms with Gasteiger partial charge in [0.15, 0.2) is 11.5 Å². The van der Waals surface area contributed by atoms with Crippen LogP contribution in [-0.2, 0) is 11.2 Å². The molecule has 78 valence electrons. The molecule has 0 saturated heterocycles. The number of carbonyl (C=O) groups is 2. The number of aromatic hydroxyl groups is 2. The van der Waals surface area contributed by atoms with Gasteiger partial charge >= 0.3 is 0 Å². The minimum absolute atomic E-state index is 0.0609. The van der Waals surface area contributed by atoms with Crippen molar-refractivity contribution in [2.24, 2.45) is 0 Å². The van der Waals surface area contributed by atoms with Crippen LogP contribution in [0.4, 0.5) is 0 Å². The van der Waals surface area contributed by atoms with Crippen LogP contribution in [-0.4, -0.2) is 34.0 Å². The Morgan fingerprint density at radius 2 is 1.80 bits per heavy atom. The topological polar surface area (TPSA) is 77.8 Å². The van der Waals surface area contributed by atoms with Crippen LogP contribution in [0.15, 0.2) is 12.1 Å². The number of amides is 2. The maximum Gasteiger partial charge on any atom is 0.260 e. The van der Waals surface area contributed by atoms with Gasteiger partial charge in [0.25, 0.3) is 5.91 Å². The molecule has 2 N–H and O–H groups in total. The number of nitrogens with zero attached hydrogens (tertiary/aromatic N) is 1. The zero-order chi connectivity index (χ0) is 11.2. The molecule has 0 aromatic heterocycles. The lowest BCUT2D eigenvalue weighted by Crippen LogP contribution is -2.39. The smallest absolute Gasteiger partial charge is 0.260 e. The monoisotopic (exact) mass is 207 g/mol. The Labute approximate surface area is 85.6 Å². The molecule has 15 heavy (non-hydrogen) atoms. The molecule has 0 unspecified atom stereocenters. The fourth-order valence-corrected chi connectivity index (χ4v) is 1.54. The fourth-order valence-electron chi connectivity index (χ4n) is 1.54. The summed E-state index contributed by atoms with van der Waals surface area (Å²) in [5.74, 6) is -1.46. The summed E-state index contributed by atoms with van der Waals surface area (Å²) in [6.45, 7) is 0. The lowest BCUT2D eigenvalue weighted by molar-refractivity contribution is -0.127. The molecule has 0 atom stereocenters. The van der Waals surface area contributed by atoms with Gasteiger partial charge in [-0.05, 0) is 17.7 Å². The number of fused-ring (bicyclic) bond motifs is 1. The Bertz CT molecular complexity index is 467. The first-order valence-electron chi connectivity index (χ1n) is 4.36. The number of imide groups is 1. The Hall–Kier alpha value is -2.04. The van der Waals surface area contributed by atoms with Gasteiger partial charge in [-0.2, -0.15) is 0 Å². The van der Waals surface area contributed by atoms with Crippen molar-refractivity contribution in [2.75, 3.05) is 7.05 Å². The van der Waals surface area contributed by atoms with Gasteiger partial charge in [-0.1, -0.05) is 0 Å². The summed E-state index contributed by atoms with van der Waals surface area (Å²) in [5.41, 5.74) is 0.700. The number of benzene rings is 1. The second-order valence-electron chi connectivity index (χ2n) is 3.43. The van der Waals surface area contributed by atoms with E-state index in [1.165, 1.54) is 19.2 Å². The van der Waals surface area contributed by atoms with Gasteiger partial charge < -0.3 is 10.2 Å². The van der Waals surface area contributed by atoms with Gasteiger partial charge in [0.05, 0.1) is 6.42 Å². The minimum atomic E-state index is -0.462. The largest absolute Gasteiger partial charge is 0.504 e. The highest BCUT2D eigenvalue weighted by Gasteiger charge is 2.29. The van der Waals surface area contributed by atoms with E-state index in [4.69, 9.17) is 0 Å². The zero-order valence-corrected chi connectivity index (χ0v) is 8.02. The van der Waals surface area contributed by atoms with Crippen molar-refractivity contribution in [1.29, 1.82) is 0 Å². The molecule has 1 aromatic carbocycles. The summed E-state index contributed by atoms with van der Waals surface area (Å²) in [4.78, 5) is 23.9. The van der Waals surface area contributed by atoms with Gasteiger partial charge in [-0.15, -0.1) is 0 Å². The summed E-state index contributed by atoms with van der Waals surface area (Å²) in [7, 11) is 1.39. The molecule has 1 aliphatic heterocycles. The molecule has 0 radical (unpaired) electrons. The zero-order valence-electron chi connectivity index (χ0n) is 8.02. The molecular formula is C10H9NO4. The van der Waals surface area contributed by atoms with Crippen LogP contribution in [0.2, 0.25) is 0 Å². The van der Waals surface area contributed by atoms with E-state index in [9.17, 15) is 19.8 Å². The second kappa shape index (κ2) is 2.98. The Morgan fingerprint density at radius 3 is 2.47 bits per heavy atom. The van der Waals surface area contributed by atoms with E-state index in [2.05, 4.69) is 0 Å². The predicted molar refractivity (Wildman–Crippen MR) is 50.6 cm³/mol. The van der Waals surface area contributed by atoms with Gasteiger partial charge in [0, 0.05) is 12.6 Å². The first-order valence-corrected chi connectivity index (χ1v) is 4.36. The molecule has 0 spiro atoms. The standard InChI is InChI=1S/C10H9NO4/c1-11-9(14)3-5-2-7(12)8(13)4-6(5)10(11)15/h2,4,12-13H,3H2,1H3. The number of hydrogen-bond acceptors (Lipinski definition) is 4. The summed E-state index contributed by atoms with van der Waals surface area (Å²) in [6, 6.07) is 2.42. The van der Waals surface area contributed by atoms with Crippen LogP contribution < -0.4 is 0 Å². The molecule has 2 rings (SSSR count). The van der Waals surface area contributed by atoms with Crippen molar-refractivity contribution in [3.8, 4) is 11.5 Å². The highest BCUT2D eigenvalue weighted by atomic mass is 16.3. The van der Waals surface area contributed by atoms with E-state index in [0.717, 1.165) is 4.90 Å². The molecule has 1 aromatic rings. The number of phenols is 2. The lowest BCUT2D eigenvalue weighted by atomic mass is 9.98. The molecule has 2 amide bonds.